The molecule has 3 aromatic rings. The number of benzene rings is 2. The molecule has 0 bridgehead atoms. The minimum Gasteiger partial charge on any atom is -0.338 e. The van der Waals surface area contributed by atoms with Gasteiger partial charge in [0.05, 0.1) is 0 Å². The van der Waals surface area contributed by atoms with Gasteiger partial charge in [0.25, 0.3) is 0 Å². The highest BCUT2D eigenvalue weighted by atomic mass is 32.1. The number of amides is 3. The highest BCUT2D eigenvalue weighted by Gasteiger charge is 2.10. The highest BCUT2D eigenvalue weighted by molar-refractivity contribution is 7.18. The zero-order chi connectivity index (χ0) is 18.9. The second kappa shape index (κ2) is 9.44. The Hall–Kier alpha value is -3.26. The molecule has 8 heteroatoms. The second-order valence-corrected chi connectivity index (χ2v) is 6.65. The normalized spacial score (nSPS) is 10.2. The summed E-state index contributed by atoms with van der Waals surface area (Å²) >= 11 is 1.31. The average molecular weight is 381 g/mol. The van der Waals surface area contributed by atoms with Crippen LogP contribution in [0.5, 0.6) is 0 Å². The number of nitrogens with zero attached hydrogens (tertiary/aromatic N) is 2. The molecule has 0 aliphatic carbocycles. The van der Waals surface area contributed by atoms with Crippen molar-refractivity contribution in [3.63, 3.8) is 0 Å². The minimum absolute atomic E-state index is 0.152. The van der Waals surface area contributed by atoms with E-state index in [4.69, 9.17) is 0 Å². The first-order valence-electron chi connectivity index (χ1n) is 8.45. The van der Waals surface area contributed by atoms with Gasteiger partial charge in [-0.1, -0.05) is 72.0 Å². The summed E-state index contributed by atoms with van der Waals surface area (Å²) in [5, 5.41) is 17.3. The van der Waals surface area contributed by atoms with E-state index in [0.717, 1.165) is 16.1 Å². The third-order valence-electron chi connectivity index (χ3n) is 3.63. The van der Waals surface area contributed by atoms with Crippen molar-refractivity contribution in [2.24, 2.45) is 0 Å². The van der Waals surface area contributed by atoms with E-state index < -0.39 is 0 Å². The Morgan fingerprint density at radius 3 is 2.33 bits per heavy atom. The van der Waals surface area contributed by atoms with Gasteiger partial charge in [0.15, 0.2) is 0 Å². The molecule has 0 spiro atoms. The van der Waals surface area contributed by atoms with E-state index in [2.05, 4.69) is 26.1 Å². The number of hydrogen-bond donors (Lipinski definition) is 3. The van der Waals surface area contributed by atoms with E-state index >= 15 is 0 Å². The molecule has 138 valence electrons. The standard InChI is InChI=1S/C19H19N5O2S/c25-16(11-12-20-18(26)21-13-14-7-3-1-4-8-14)22-19-24-23-17(27-19)15-9-5-2-6-10-15/h1-10H,11-13H2,(H2,20,21,26)(H,22,24,25). The first-order valence-corrected chi connectivity index (χ1v) is 9.27. The first-order chi connectivity index (χ1) is 13.2. The van der Waals surface area contributed by atoms with Crippen molar-refractivity contribution in [3.05, 3.63) is 66.2 Å². The number of carbonyl (C=O) groups is 2. The van der Waals surface area contributed by atoms with E-state index in [-0.39, 0.29) is 24.9 Å². The van der Waals surface area contributed by atoms with E-state index in [9.17, 15) is 9.59 Å². The molecular weight excluding hydrogens is 362 g/mol. The molecule has 3 rings (SSSR count). The van der Waals surface area contributed by atoms with Crippen LogP contribution in [0.4, 0.5) is 9.93 Å². The molecular formula is C19H19N5O2S. The fourth-order valence-corrected chi connectivity index (χ4v) is 3.05. The zero-order valence-electron chi connectivity index (χ0n) is 14.5. The fraction of sp³-hybridized carbons (Fsp3) is 0.158. The maximum absolute atomic E-state index is 12.0. The summed E-state index contributed by atoms with van der Waals surface area (Å²) in [6.45, 7) is 0.669. The number of aromatic nitrogens is 2. The number of hydrogen-bond acceptors (Lipinski definition) is 5. The van der Waals surface area contributed by atoms with Crippen LogP contribution in [-0.4, -0.2) is 28.7 Å². The molecule has 0 saturated carbocycles. The number of anilines is 1. The van der Waals surface area contributed by atoms with Crippen LogP contribution >= 0.6 is 11.3 Å². The van der Waals surface area contributed by atoms with Crippen LogP contribution < -0.4 is 16.0 Å². The Bertz CT molecular complexity index is 883. The largest absolute Gasteiger partial charge is 0.338 e. The van der Waals surface area contributed by atoms with Gasteiger partial charge in [-0.05, 0) is 5.56 Å². The monoisotopic (exact) mass is 381 g/mol. The third kappa shape index (κ3) is 5.89. The van der Waals surface area contributed by atoms with Crippen molar-refractivity contribution < 1.29 is 9.59 Å². The Morgan fingerprint density at radius 1 is 0.889 bits per heavy atom. The lowest BCUT2D eigenvalue weighted by Gasteiger charge is -2.07. The highest BCUT2D eigenvalue weighted by Crippen LogP contribution is 2.25. The van der Waals surface area contributed by atoms with Crippen LogP contribution in [0.1, 0.15) is 12.0 Å². The molecule has 0 radical (unpaired) electrons. The summed E-state index contributed by atoms with van der Waals surface area (Å²) in [7, 11) is 0. The number of nitrogens with one attached hydrogen (secondary N) is 3. The van der Waals surface area contributed by atoms with Gasteiger partial charge in [0.2, 0.25) is 11.0 Å². The van der Waals surface area contributed by atoms with Crippen LogP contribution in [0.2, 0.25) is 0 Å². The van der Waals surface area contributed by atoms with Gasteiger partial charge < -0.3 is 16.0 Å². The Balaban J connectivity index is 1.37. The SMILES string of the molecule is O=C(CCNC(=O)NCc1ccccc1)Nc1nnc(-c2ccccc2)s1. The summed E-state index contributed by atoms with van der Waals surface area (Å²) in [5.41, 5.74) is 1.96. The minimum atomic E-state index is -0.311. The molecule has 7 nitrogen and oxygen atoms in total. The summed E-state index contributed by atoms with van der Waals surface area (Å²) in [6.07, 6.45) is 0.152. The van der Waals surface area contributed by atoms with Crippen LogP contribution in [0, 0.1) is 0 Å². The van der Waals surface area contributed by atoms with Gasteiger partial charge in [-0.2, -0.15) is 0 Å². The molecule has 0 unspecified atom stereocenters. The summed E-state index contributed by atoms with van der Waals surface area (Å²) < 4.78 is 0. The predicted molar refractivity (Wildman–Crippen MR) is 105 cm³/mol. The lowest BCUT2D eigenvalue weighted by molar-refractivity contribution is -0.116. The zero-order valence-corrected chi connectivity index (χ0v) is 15.3. The molecule has 2 aromatic carbocycles. The molecule has 1 aromatic heterocycles. The van der Waals surface area contributed by atoms with Crippen LogP contribution in [0.3, 0.4) is 0 Å². The number of carbonyl (C=O) groups excluding carboxylic acids is 2. The molecule has 27 heavy (non-hydrogen) atoms. The molecule has 0 fully saturated rings. The Kier molecular flexibility index (Phi) is 6.48. The van der Waals surface area contributed by atoms with Crippen molar-refractivity contribution >= 4 is 28.4 Å². The quantitative estimate of drug-likeness (QED) is 0.586. The summed E-state index contributed by atoms with van der Waals surface area (Å²) in [4.78, 5) is 23.7. The van der Waals surface area contributed by atoms with Gasteiger partial charge in [-0.15, -0.1) is 10.2 Å². The van der Waals surface area contributed by atoms with E-state index in [1.54, 1.807) is 0 Å². The summed E-state index contributed by atoms with van der Waals surface area (Å²) in [5.74, 6) is -0.228. The molecule has 1 heterocycles. The van der Waals surface area contributed by atoms with Crippen molar-refractivity contribution in [1.29, 1.82) is 0 Å². The molecule has 0 aliphatic heterocycles. The fourth-order valence-electron chi connectivity index (χ4n) is 2.28. The average Bonchev–Trinajstić information content (AvgIpc) is 3.16. The third-order valence-corrected chi connectivity index (χ3v) is 4.51. The van der Waals surface area contributed by atoms with Crippen molar-refractivity contribution in [1.82, 2.24) is 20.8 Å². The van der Waals surface area contributed by atoms with Gasteiger partial charge >= 0.3 is 6.03 Å². The van der Waals surface area contributed by atoms with Crippen LogP contribution in [-0.2, 0) is 11.3 Å². The number of urea groups is 1. The van der Waals surface area contributed by atoms with Crippen molar-refractivity contribution in [3.8, 4) is 10.6 Å². The van der Waals surface area contributed by atoms with Gasteiger partial charge in [-0.25, -0.2) is 4.79 Å². The summed E-state index contributed by atoms with van der Waals surface area (Å²) in [6, 6.07) is 18.9. The van der Waals surface area contributed by atoms with E-state index in [0.29, 0.717) is 11.7 Å². The Morgan fingerprint density at radius 2 is 1.59 bits per heavy atom. The maximum atomic E-state index is 12.0. The van der Waals surface area contributed by atoms with Crippen LogP contribution in [0.15, 0.2) is 60.7 Å². The van der Waals surface area contributed by atoms with Crippen molar-refractivity contribution in [2.75, 3.05) is 11.9 Å². The Labute approximate surface area is 160 Å². The molecule has 3 amide bonds. The topological polar surface area (TPSA) is 96.0 Å². The molecule has 3 N–H and O–H groups in total. The maximum Gasteiger partial charge on any atom is 0.315 e. The molecule has 0 atom stereocenters. The van der Waals surface area contributed by atoms with Crippen molar-refractivity contribution in [2.45, 2.75) is 13.0 Å². The van der Waals surface area contributed by atoms with E-state index in [1.165, 1.54) is 11.3 Å². The second-order valence-electron chi connectivity index (χ2n) is 5.67. The first kappa shape index (κ1) is 18.5. The molecule has 0 saturated heterocycles. The molecule has 0 aliphatic rings. The number of rotatable bonds is 7. The van der Waals surface area contributed by atoms with Gasteiger partial charge in [0.1, 0.15) is 5.01 Å². The lowest BCUT2D eigenvalue weighted by atomic mass is 10.2. The van der Waals surface area contributed by atoms with E-state index in [1.807, 2.05) is 60.7 Å². The van der Waals surface area contributed by atoms with Crippen LogP contribution in [0.25, 0.3) is 10.6 Å². The van der Waals surface area contributed by atoms with Gasteiger partial charge in [-0.3, -0.25) is 4.79 Å². The predicted octanol–water partition coefficient (Wildman–Crippen LogP) is 3.03. The smallest absolute Gasteiger partial charge is 0.315 e. The van der Waals surface area contributed by atoms with Gasteiger partial charge in [0, 0.05) is 25.1 Å². The lowest BCUT2D eigenvalue weighted by Crippen LogP contribution is -2.36.